The van der Waals surface area contributed by atoms with Gasteiger partial charge in [0.2, 0.25) is 13.6 Å². The van der Waals surface area contributed by atoms with E-state index < -0.39 is 37.7 Å². The zero-order valence-electron chi connectivity index (χ0n) is 13.0. The third-order valence-corrected chi connectivity index (χ3v) is 1.98. The van der Waals surface area contributed by atoms with E-state index in [1.54, 1.807) is 0 Å². The summed E-state index contributed by atoms with van der Waals surface area (Å²) in [6, 6.07) is 0. The third kappa shape index (κ3) is 8.75. The highest BCUT2D eigenvalue weighted by atomic mass is 16.7. The lowest BCUT2D eigenvalue weighted by molar-refractivity contribution is -0.149. The summed E-state index contributed by atoms with van der Waals surface area (Å²) >= 11 is 0. The molecule has 0 radical (unpaired) electrons. The number of carbonyl (C=O) groups is 4. The molecule has 0 aromatic heterocycles. The van der Waals surface area contributed by atoms with Crippen molar-refractivity contribution >= 4 is 24.1 Å². The van der Waals surface area contributed by atoms with Crippen LogP contribution in [0.25, 0.3) is 0 Å². The van der Waals surface area contributed by atoms with Crippen LogP contribution in [-0.4, -0.2) is 49.8 Å². The van der Waals surface area contributed by atoms with E-state index in [-0.39, 0.29) is 11.1 Å². The van der Waals surface area contributed by atoms with Gasteiger partial charge in [-0.2, -0.15) is 0 Å². The van der Waals surface area contributed by atoms with Crippen molar-refractivity contribution in [1.82, 2.24) is 10.4 Å². The first-order chi connectivity index (χ1) is 10.6. The number of amides is 2. The zero-order chi connectivity index (χ0) is 18.0. The molecule has 0 aromatic rings. The summed E-state index contributed by atoms with van der Waals surface area (Å²) in [7, 11) is 1.16. The van der Waals surface area contributed by atoms with Crippen molar-refractivity contribution in [1.29, 1.82) is 0 Å². The molecule has 10 heteroatoms. The molecular weight excluding hydrogens is 312 g/mol. The van der Waals surface area contributed by atoms with Crippen LogP contribution in [0.15, 0.2) is 24.3 Å². The van der Waals surface area contributed by atoms with Crippen LogP contribution in [0.2, 0.25) is 0 Å². The maximum absolute atomic E-state index is 11.4. The molecule has 0 aromatic carbocycles. The molecule has 0 aliphatic rings. The summed E-state index contributed by atoms with van der Waals surface area (Å²) < 4.78 is 18.0. The monoisotopic (exact) mass is 330 g/mol. The van der Waals surface area contributed by atoms with E-state index in [1.165, 1.54) is 13.8 Å². The molecule has 0 aliphatic carbocycles. The molecular formula is C13H18N2O8. The highest BCUT2D eigenvalue weighted by Gasteiger charge is 2.15. The van der Waals surface area contributed by atoms with Crippen molar-refractivity contribution < 1.29 is 38.1 Å². The van der Waals surface area contributed by atoms with Gasteiger partial charge in [-0.1, -0.05) is 13.2 Å². The van der Waals surface area contributed by atoms with Crippen molar-refractivity contribution in [2.45, 2.75) is 13.8 Å². The third-order valence-electron chi connectivity index (χ3n) is 1.98. The Morgan fingerprint density at radius 3 is 1.74 bits per heavy atom. The molecule has 23 heavy (non-hydrogen) atoms. The van der Waals surface area contributed by atoms with Gasteiger partial charge >= 0.3 is 24.1 Å². The quantitative estimate of drug-likeness (QED) is 0.329. The maximum atomic E-state index is 11.4. The Labute approximate surface area is 132 Å². The highest BCUT2D eigenvalue weighted by Crippen LogP contribution is 1.95. The van der Waals surface area contributed by atoms with E-state index in [4.69, 9.17) is 0 Å². The van der Waals surface area contributed by atoms with E-state index in [0.717, 1.165) is 7.05 Å². The summed E-state index contributed by atoms with van der Waals surface area (Å²) in [6.45, 7) is 8.22. The van der Waals surface area contributed by atoms with Gasteiger partial charge in [0.25, 0.3) is 0 Å². The maximum Gasteiger partial charge on any atom is 0.431 e. The number of hydrogen-bond acceptors (Lipinski definition) is 8. The smallest absolute Gasteiger partial charge is 0.424 e. The molecule has 128 valence electrons. The number of rotatable bonds is 6. The fourth-order valence-corrected chi connectivity index (χ4v) is 0.828. The van der Waals surface area contributed by atoms with Crippen LogP contribution < -0.4 is 5.43 Å². The van der Waals surface area contributed by atoms with Gasteiger partial charge in [0.05, 0.1) is 0 Å². The number of esters is 2. The van der Waals surface area contributed by atoms with Crippen molar-refractivity contribution in [2.24, 2.45) is 0 Å². The van der Waals surface area contributed by atoms with E-state index in [9.17, 15) is 19.2 Å². The average molecular weight is 330 g/mol. The van der Waals surface area contributed by atoms with Crippen LogP contribution >= 0.6 is 0 Å². The molecule has 10 nitrogen and oxygen atoms in total. The van der Waals surface area contributed by atoms with Crippen LogP contribution in [0.3, 0.4) is 0 Å². The minimum atomic E-state index is -1.07. The van der Waals surface area contributed by atoms with Gasteiger partial charge < -0.3 is 18.9 Å². The predicted molar refractivity (Wildman–Crippen MR) is 75.4 cm³/mol. The van der Waals surface area contributed by atoms with Crippen LogP contribution in [0, 0.1) is 0 Å². The fourth-order valence-electron chi connectivity index (χ4n) is 0.828. The number of ether oxygens (including phenoxy) is 4. The molecule has 0 aliphatic heterocycles. The van der Waals surface area contributed by atoms with Gasteiger partial charge in [-0.25, -0.2) is 29.6 Å². The molecule has 0 bridgehead atoms. The van der Waals surface area contributed by atoms with Crippen molar-refractivity contribution in [3.8, 4) is 0 Å². The topological polar surface area (TPSA) is 120 Å². The Morgan fingerprint density at radius 1 is 0.870 bits per heavy atom. The number of nitrogens with zero attached hydrogens (tertiary/aromatic N) is 1. The minimum Gasteiger partial charge on any atom is -0.424 e. The largest absolute Gasteiger partial charge is 0.431 e. The first-order valence-electron chi connectivity index (χ1n) is 6.14. The fraction of sp³-hybridized carbons (Fsp3) is 0.385. The normalized spacial score (nSPS) is 9.17. The lowest BCUT2D eigenvalue weighted by Crippen LogP contribution is -2.44. The first-order valence-corrected chi connectivity index (χ1v) is 6.14. The lowest BCUT2D eigenvalue weighted by atomic mass is 10.4. The van der Waals surface area contributed by atoms with E-state index >= 15 is 0 Å². The molecule has 0 fully saturated rings. The predicted octanol–water partition coefficient (Wildman–Crippen LogP) is 0.850. The molecule has 0 atom stereocenters. The van der Waals surface area contributed by atoms with Crippen molar-refractivity contribution in [2.75, 3.05) is 20.6 Å². The Kier molecular flexibility index (Phi) is 8.52. The van der Waals surface area contributed by atoms with Crippen LogP contribution in [0.1, 0.15) is 13.8 Å². The van der Waals surface area contributed by atoms with E-state index in [0.29, 0.717) is 5.01 Å². The summed E-state index contributed by atoms with van der Waals surface area (Å²) in [5, 5.41) is 0.636. The standard InChI is InChI=1S/C13H18N2O8/c1-8(2)10(16)20-6-22-12(18)14-15(5)13(19)23-7-21-11(17)9(3)4/h1,3,6-7H2,2,4-5H3,(H,14,18). The van der Waals surface area contributed by atoms with Gasteiger partial charge in [-0.05, 0) is 13.8 Å². The zero-order valence-corrected chi connectivity index (χ0v) is 13.0. The van der Waals surface area contributed by atoms with Gasteiger partial charge in [0.15, 0.2) is 0 Å². The Hall–Kier alpha value is -3.04. The average Bonchev–Trinajstić information content (AvgIpc) is 2.46. The number of carbonyl (C=O) groups excluding carboxylic acids is 4. The van der Waals surface area contributed by atoms with Gasteiger partial charge in [-0.3, -0.25) is 0 Å². The van der Waals surface area contributed by atoms with Crippen LogP contribution in [0.4, 0.5) is 9.59 Å². The van der Waals surface area contributed by atoms with Gasteiger partial charge in [0, 0.05) is 18.2 Å². The number of hydrogen-bond donors (Lipinski definition) is 1. The Bertz CT molecular complexity index is 514. The number of hydrazine groups is 1. The summed E-state index contributed by atoms with van der Waals surface area (Å²) in [5.74, 6) is -1.46. The molecule has 0 heterocycles. The lowest BCUT2D eigenvalue weighted by Gasteiger charge is -2.17. The van der Waals surface area contributed by atoms with Crippen LogP contribution in [-0.2, 0) is 28.5 Å². The van der Waals surface area contributed by atoms with Crippen molar-refractivity contribution in [3.05, 3.63) is 24.3 Å². The molecule has 0 unspecified atom stereocenters. The first kappa shape index (κ1) is 20.0. The Balaban J connectivity index is 4.00. The molecule has 0 rings (SSSR count). The van der Waals surface area contributed by atoms with Gasteiger partial charge in [0.1, 0.15) is 0 Å². The number of nitrogens with one attached hydrogen (secondary N) is 1. The second kappa shape index (κ2) is 9.82. The minimum absolute atomic E-state index is 0.138. The second-order valence-corrected chi connectivity index (χ2v) is 4.17. The molecule has 0 spiro atoms. The summed E-state index contributed by atoms with van der Waals surface area (Å²) in [4.78, 5) is 44.8. The molecule has 0 saturated carbocycles. The van der Waals surface area contributed by atoms with E-state index in [2.05, 4.69) is 32.1 Å². The SMILES string of the molecule is C=C(C)C(=O)OCOC(=O)NN(C)C(=O)OCOC(=O)C(=C)C. The highest BCUT2D eigenvalue weighted by molar-refractivity contribution is 5.87. The van der Waals surface area contributed by atoms with Crippen molar-refractivity contribution in [3.63, 3.8) is 0 Å². The van der Waals surface area contributed by atoms with Gasteiger partial charge in [-0.15, -0.1) is 0 Å². The Morgan fingerprint density at radius 2 is 1.30 bits per heavy atom. The van der Waals surface area contributed by atoms with Crippen LogP contribution in [0.5, 0.6) is 0 Å². The molecule has 2 amide bonds. The molecule has 0 saturated heterocycles. The van der Waals surface area contributed by atoms with E-state index in [1.807, 2.05) is 5.43 Å². The summed E-state index contributed by atoms with van der Waals surface area (Å²) in [6.07, 6.45) is -2.09. The molecule has 1 N–H and O–H groups in total. The second-order valence-electron chi connectivity index (χ2n) is 4.17. The summed E-state index contributed by atoms with van der Waals surface area (Å²) in [5.41, 5.74) is 2.25.